The van der Waals surface area contributed by atoms with E-state index in [2.05, 4.69) is 20.9 Å². The average molecular weight is 350 g/mol. The van der Waals surface area contributed by atoms with Gasteiger partial charge < -0.3 is 4.98 Å². The summed E-state index contributed by atoms with van der Waals surface area (Å²) in [6.07, 6.45) is -2.73. The molecule has 1 rings (SSSR count). The highest BCUT2D eigenvalue weighted by atomic mass is 127. The van der Waals surface area contributed by atoms with E-state index in [4.69, 9.17) is 0 Å². The minimum atomic E-state index is -2.73. The zero-order valence-electron chi connectivity index (χ0n) is 5.57. The van der Waals surface area contributed by atoms with E-state index in [1.165, 1.54) is 0 Å². The summed E-state index contributed by atoms with van der Waals surface area (Å²) < 4.78 is 25.2. The smallest absolute Gasteiger partial charge is 0.269 e. The topological polar surface area (TPSA) is 32.9 Å². The molecule has 2 nitrogen and oxygen atoms in total. The monoisotopic (exact) mass is 349 g/mol. The van der Waals surface area contributed by atoms with Crippen LogP contribution in [-0.4, -0.2) is 4.98 Å². The molecule has 0 aromatic carbocycles. The fourth-order valence-electron chi connectivity index (χ4n) is 0.659. The molecule has 0 amide bonds. The summed E-state index contributed by atoms with van der Waals surface area (Å²) in [6, 6.07) is 1.16. The lowest BCUT2D eigenvalue weighted by molar-refractivity contribution is 0.149. The van der Waals surface area contributed by atoms with Crippen LogP contribution in [0, 0.1) is 3.57 Å². The summed E-state index contributed by atoms with van der Waals surface area (Å²) >= 11 is 4.87. The first-order chi connectivity index (χ1) is 5.52. The van der Waals surface area contributed by atoms with Gasteiger partial charge in [-0.15, -0.1) is 0 Å². The summed E-state index contributed by atoms with van der Waals surface area (Å²) in [7, 11) is 0. The predicted molar refractivity (Wildman–Crippen MR) is 52.4 cm³/mol. The molecule has 1 aromatic rings. The van der Waals surface area contributed by atoms with Crippen molar-refractivity contribution in [2.45, 2.75) is 6.43 Å². The van der Waals surface area contributed by atoms with Crippen molar-refractivity contribution in [3.8, 4) is 0 Å². The number of hydrogen-bond acceptors (Lipinski definition) is 1. The number of aromatic amines is 1. The molecule has 0 aliphatic heterocycles. The van der Waals surface area contributed by atoms with Gasteiger partial charge in [-0.1, -0.05) is 0 Å². The Morgan fingerprint density at radius 3 is 2.67 bits per heavy atom. The number of H-pyrrole nitrogens is 1. The highest BCUT2D eigenvalue weighted by molar-refractivity contribution is 14.1. The van der Waals surface area contributed by atoms with Crippen LogP contribution < -0.4 is 5.56 Å². The molecular formula is C6H3BrF2INO. The second-order valence-corrected chi connectivity index (χ2v) is 3.97. The van der Waals surface area contributed by atoms with Crippen molar-refractivity contribution < 1.29 is 8.78 Å². The van der Waals surface area contributed by atoms with Crippen LogP contribution in [0.15, 0.2) is 15.5 Å². The number of nitrogens with one attached hydrogen (secondary N) is 1. The summed E-state index contributed by atoms with van der Waals surface area (Å²) in [4.78, 5) is 13.1. The van der Waals surface area contributed by atoms with Crippen LogP contribution in [0.3, 0.4) is 0 Å². The van der Waals surface area contributed by atoms with Gasteiger partial charge in [-0.3, -0.25) is 4.79 Å². The highest BCUT2D eigenvalue weighted by Crippen LogP contribution is 2.20. The third-order valence-corrected chi connectivity index (χ3v) is 3.43. The normalized spacial score (nSPS) is 10.8. The van der Waals surface area contributed by atoms with E-state index in [9.17, 15) is 13.6 Å². The van der Waals surface area contributed by atoms with Crippen molar-refractivity contribution >= 4 is 38.5 Å². The number of halogens is 4. The van der Waals surface area contributed by atoms with Crippen molar-refractivity contribution in [2.75, 3.05) is 0 Å². The Morgan fingerprint density at radius 1 is 1.58 bits per heavy atom. The number of rotatable bonds is 1. The Balaban J connectivity index is 3.33. The van der Waals surface area contributed by atoms with Crippen molar-refractivity contribution in [3.63, 3.8) is 0 Å². The lowest BCUT2D eigenvalue weighted by Gasteiger charge is -2.00. The molecule has 0 bridgehead atoms. The molecule has 0 aliphatic rings. The standard InChI is InChI=1S/C6H3BrF2INO/c7-4-3(10)1-2(5(8)9)6(12)11-4/h1,5H,(H,11,12). The van der Waals surface area contributed by atoms with E-state index in [-0.39, 0.29) is 0 Å². The van der Waals surface area contributed by atoms with Gasteiger partial charge in [-0.05, 0) is 44.6 Å². The van der Waals surface area contributed by atoms with E-state index in [1.807, 2.05) is 22.6 Å². The van der Waals surface area contributed by atoms with Crippen LogP contribution in [0.5, 0.6) is 0 Å². The van der Waals surface area contributed by atoms with Crippen molar-refractivity contribution in [1.82, 2.24) is 4.98 Å². The number of hydrogen-bond donors (Lipinski definition) is 1. The van der Waals surface area contributed by atoms with Gasteiger partial charge in [0.1, 0.15) is 0 Å². The van der Waals surface area contributed by atoms with Crippen molar-refractivity contribution in [1.29, 1.82) is 0 Å². The van der Waals surface area contributed by atoms with Crippen LogP contribution in [0.2, 0.25) is 0 Å². The maximum absolute atomic E-state index is 12.1. The molecule has 0 fully saturated rings. The second-order valence-electron chi connectivity index (χ2n) is 2.02. The molecule has 0 unspecified atom stereocenters. The molecule has 0 radical (unpaired) electrons. The molecule has 66 valence electrons. The average Bonchev–Trinajstić information content (AvgIpc) is 1.96. The van der Waals surface area contributed by atoms with Crippen molar-refractivity contribution in [2.24, 2.45) is 0 Å². The number of alkyl halides is 2. The summed E-state index contributed by atoms with van der Waals surface area (Å²) in [6.45, 7) is 0. The fourth-order valence-corrected chi connectivity index (χ4v) is 1.42. The van der Waals surface area contributed by atoms with Crippen LogP contribution in [-0.2, 0) is 0 Å². The maximum Gasteiger partial charge on any atom is 0.269 e. The molecule has 0 saturated heterocycles. The molecule has 0 saturated carbocycles. The third kappa shape index (κ3) is 2.03. The molecule has 0 aliphatic carbocycles. The van der Waals surface area contributed by atoms with Gasteiger partial charge in [-0.2, -0.15) is 0 Å². The summed E-state index contributed by atoms with van der Waals surface area (Å²) in [5.41, 5.74) is -1.25. The molecule has 1 N–H and O–H groups in total. The highest BCUT2D eigenvalue weighted by Gasteiger charge is 2.13. The van der Waals surface area contributed by atoms with E-state index >= 15 is 0 Å². The van der Waals surface area contributed by atoms with Crippen LogP contribution in [0.1, 0.15) is 12.0 Å². The second kappa shape index (κ2) is 3.82. The van der Waals surface area contributed by atoms with Gasteiger partial charge in [0.2, 0.25) is 0 Å². The Morgan fingerprint density at radius 2 is 2.17 bits per heavy atom. The molecule has 0 spiro atoms. The molecule has 0 atom stereocenters. The molecule has 6 heteroatoms. The minimum Gasteiger partial charge on any atom is -0.315 e. The Labute approximate surface area is 88.6 Å². The third-order valence-electron chi connectivity index (χ3n) is 1.21. The minimum absolute atomic E-state index is 0.428. The quantitative estimate of drug-likeness (QED) is 0.613. The first-order valence-corrected chi connectivity index (χ1v) is 4.76. The van der Waals surface area contributed by atoms with Crippen LogP contribution >= 0.6 is 38.5 Å². The first-order valence-electron chi connectivity index (χ1n) is 2.88. The zero-order valence-corrected chi connectivity index (χ0v) is 9.32. The Kier molecular flexibility index (Phi) is 3.22. The zero-order chi connectivity index (χ0) is 9.30. The SMILES string of the molecule is O=c1[nH]c(Br)c(I)cc1C(F)F. The van der Waals surface area contributed by atoms with Crippen LogP contribution in [0.4, 0.5) is 8.78 Å². The van der Waals surface area contributed by atoms with E-state index < -0.39 is 17.5 Å². The summed E-state index contributed by atoms with van der Waals surface area (Å²) in [5.74, 6) is 0. The first kappa shape index (κ1) is 10.1. The van der Waals surface area contributed by atoms with Gasteiger partial charge in [0.25, 0.3) is 12.0 Å². The molecule has 12 heavy (non-hydrogen) atoms. The maximum atomic E-state index is 12.1. The Hall–Kier alpha value is 0.0200. The largest absolute Gasteiger partial charge is 0.315 e. The molecule has 1 heterocycles. The van der Waals surface area contributed by atoms with Gasteiger partial charge in [0.15, 0.2) is 0 Å². The predicted octanol–water partition coefficient (Wildman–Crippen LogP) is 2.68. The van der Waals surface area contributed by atoms with E-state index in [0.717, 1.165) is 6.07 Å². The van der Waals surface area contributed by atoms with Gasteiger partial charge >= 0.3 is 0 Å². The van der Waals surface area contributed by atoms with Gasteiger partial charge in [0, 0.05) is 3.57 Å². The molecular weight excluding hydrogens is 347 g/mol. The number of pyridine rings is 1. The van der Waals surface area contributed by atoms with Gasteiger partial charge in [0.05, 0.1) is 10.2 Å². The lowest BCUT2D eigenvalue weighted by atomic mass is 10.3. The van der Waals surface area contributed by atoms with E-state index in [1.54, 1.807) is 0 Å². The molecule has 1 aromatic heterocycles. The Bertz CT molecular complexity index is 352. The summed E-state index contributed by atoms with van der Waals surface area (Å²) in [5, 5.41) is 0. The lowest BCUT2D eigenvalue weighted by Crippen LogP contribution is -2.13. The fraction of sp³-hybridized carbons (Fsp3) is 0.167. The van der Waals surface area contributed by atoms with Gasteiger partial charge in [-0.25, -0.2) is 8.78 Å². The van der Waals surface area contributed by atoms with Crippen LogP contribution in [0.25, 0.3) is 0 Å². The van der Waals surface area contributed by atoms with E-state index in [0.29, 0.717) is 8.17 Å². The number of aromatic nitrogens is 1. The van der Waals surface area contributed by atoms with Crippen molar-refractivity contribution in [3.05, 3.63) is 30.2 Å².